The van der Waals surface area contributed by atoms with Crippen LogP contribution < -0.4 is 0 Å². The van der Waals surface area contributed by atoms with Crippen LogP contribution >= 0.6 is 0 Å². The number of furan rings is 1. The second-order valence-electron chi connectivity index (χ2n) is 4.07. The zero-order valence-electron chi connectivity index (χ0n) is 9.67. The average molecular weight is 237 g/mol. The number of carbonyl (C=O) groups excluding carboxylic acids is 1. The lowest BCUT2D eigenvalue weighted by molar-refractivity contribution is 0.0967. The summed E-state index contributed by atoms with van der Waals surface area (Å²) in [6.07, 6.45) is 1.95. The van der Waals surface area contributed by atoms with E-state index in [0.29, 0.717) is 5.76 Å². The summed E-state index contributed by atoms with van der Waals surface area (Å²) < 4.78 is 5.52. The molecule has 18 heavy (non-hydrogen) atoms. The highest BCUT2D eigenvalue weighted by molar-refractivity contribution is 5.98. The molecule has 3 nitrogen and oxygen atoms in total. The normalized spacial score (nSPS) is 10.7. The van der Waals surface area contributed by atoms with Crippen molar-refractivity contribution in [3.63, 3.8) is 0 Å². The number of nitrogens with zero attached hydrogens (tertiary/aromatic N) is 1. The molecule has 0 bridgehead atoms. The number of para-hydroxylation sites is 1. The van der Waals surface area contributed by atoms with Crippen LogP contribution in [0.2, 0.25) is 0 Å². The van der Waals surface area contributed by atoms with Gasteiger partial charge < -0.3 is 4.42 Å². The minimum Gasteiger partial charge on any atom is -0.453 e. The monoisotopic (exact) mass is 237 g/mol. The molecule has 3 heteroatoms. The van der Waals surface area contributed by atoms with Crippen LogP contribution in [0.5, 0.6) is 0 Å². The largest absolute Gasteiger partial charge is 0.453 e. The quantitative estimate of drug-likeness (QED) is 0.657. The van der Waals surface area contributed by atoms with E-state index in [4.69, 9.17) is 4.42 Å². The van der Waals surface area contributed by atoms with E-state index in [0.717, 1.165) is 16.7 Å². The molecule has 88 valence electrons. The van der Waals surface area contributed by atoms with Crippen molar-refractivity contribution in [2.24, 2.45) is 0 Å². The summed E-state index contributed by atoms with van der Waals surface area (Å²) in [5, 5.41) is 0.946. The van der Waals surface area contributed by atoms with Gasteiger partial charge in [-0.05, 0) is 24.3 Å². The smallest absolute Gasteiger partial charge is 0.203 e. The Morgan fingerprint density at radius 1 is 1.11 bits per heavy atom. The minimum atomic E-state index is -0.0510. The highest BCUT2D eigenvalue weighted by Crippen LogP contribution is 2.19. The average Bonchev–Trinajstić information content (AvgIpc) is 2.84. The van der Waals surface area contributed by atoms with Crippen LogP contribution in [-0.2, 0) is 6.42 Å². The number of carbonyl (C=O) groups is 1. The number of hydrogen-bond acceptors (Lipinski definition) is 3. The van der Waals surface area contributed by atoms with Crippen molar-refractivity contribution >= 4 is 16.8 Å². The van der Waals surface area contributed by atoms with E-state index in [1.807, 2.05) is 42.5 Å². The van der Waals surface area contributed by atoms with Gasteiger partial charge in [0.2, 0.25) is 5.78 Å². The lowest BCUT2D eigenvalue weighted by atomic mass is 10.1. The van der Waals surface area contributed by atoms with Gasteiger partial charge in [-0.25, -0.2) is 0 Å². The van der Waals surface area contributed by atoms with E-state index < -0.39 is 0 Å². The lowest BCUT2D eigenvalue weighted by Gasteiger charge is -1.96. The molecule has 0 fully saturated rings. The fraction of sp³-hybridized carbons (Fsp3) is 0.0667. The minimum absolute atomic E-state index is 0.0510. The van der Waals surface area contributed by atoms with Gasteiger partial charge >= 0.3 is 0 Å². The molecule has 2 aromatic heterocycles. The van der Waals surface area contributed by atoms with Gasteiger partial charge in [-0.3, -0.25) is 9.78 Å². The molecule has 2 heterocycles. The van der Waals surface area contributed by atoms with Crippen molar-refractivity contribution in [3.8, 4) is 0 Å². The van der Waals surface area contributed by atoms with Crippen LogP contribution in [0.3, 0.4) is 0 Å². The van der Waals surface area contributed by atoms with Gasteiger partial charge in [0.25, 0.3) is 0 Å². The highest BCUT2D eigenvalue weighted by Gasteiger charge is 2.13. The van der Waals surface area contributed by atoms with E-state index in [1.54, 1.807) is 12.3 Å². The van der Waals surface area contributed by atoms with Gasteiger partial charge in [-0.1, -0.05) is 24.3 Å². The molecule has 3 rings (SSSR count). The Labute approximate surface area is 104 Å². The Kier molecular flexibility index (Phi) is 2.65. The summed E-state index contributed by atoms with van der Waals surface area (Å²) in [7, 11) is 0. The molecule has 0 aliphatic heterocycles. The number of Topliss-reactive ketones (excluding diaryl/α,β-unsaturated/α-hetero) is 1. The highest BCUT2D eigenvalue weighted by atomic mass is 16.3. The summed E-state index contributed by atoms with van der Waals surface area (Å²) >= 11 is 0. The Bertz CT molecular complexity index is 653. The van der Waals surface area contributed by atoms with E-state index in [2.05, 4.69) is 4.98 Å². The van der Waals surface area contributed by atoms with Gasteiger partial charge in [-0.15, -0.1) is 0 Å². The van der Waals surface area contributed by atoms with Crippen LogP contribution in [0.25, 0.3) is 11.0 Å². The fourth-order valence-corrected chi connectivity index (χ4v) is 1.87. The zero-order valence-corrected chi connectivity index (χ0v) is 9.67. The standard InChI is InChI=1S/C15H11NO2/c17-13(10-12-6-3-4-8-16-12)15-9-11-5-1-2-7-14(11)18-15/h1-9H,10H2. The second-order valence-corrected chi connectivity index (χ2v) is 4.07. The number of benzene rings is 1. The predicted molar refractivity (Wildman–Crippen MR) is 68.5 cm³/mol. The lowest BCUT2D eigenvalue weighted by Crippen LogP contribution is -2.03. The number of aromatic nitrogens is 1. The number of rotatable bonds is 3. The molecular weight excluding hydrogens is 226 g/mol. The summed E-state index contributed by atoms with van der Waals surface area (Å²) in [6, 6.07) is 14.9. The van der Waals surface area contributed by atoms with Crippen LogP contribution in [-0.4, -0.2) is 10.8 Å². The van der Waals surface area contributed by atoms with Gasteiger partial charge in [0.15, 0.2) is 5.76 Å². The first-order chi connectivity index (χ1) is 8.83. The zero-order chi connectivity index (χ0) is 12.4. The third-order valence-electron chi connectivity index (χ3n) is 2.77. The van der Waals surface area contributed by atoms with E-state index in [9.17, 15) is 4.79 Å². The van der Waals surface area contributed by atoms with Crippen LogP contribution in [0.4, 0.5) is 0 Å². The summed E-state index contributed by atoms with van der Waals surface area (Å²) in [5.74, 6) is 0.340. The second kappa shape index (κ2) is 4.45. The summed E-state index contributed by atoms with van der Waals surface area (Å²) in [5.41, 5.74) is 1.49. The Morgan fingerprint density at radius 3 is 2.72 bits per heavy atom. The topological polar surface area (TPSA) is 43.1 Å². The molecule has 0 aliphatic carbocycles. The molecule has 0 amide bonds. The van der Waals surface area contributed by atoms with E-state index >= 15 is 0 Å². The van der Waals surface area contributed by atoms with Crippen LogP contribution in [0.1, 0.15) is 16.2 Å². The van der Waals surface area contributed by atoms with Crippen LogP contribution in [0, 0.1) is 0 Å². The molecule has 1 aromatic carbocycles. The van der Waals surface area contributed by atoms with Crippen molar-refractivity contribution in [2.45, 2.75) is 6.42 Å². The predicted octanol–water partition coefficient (Wildman–Crippen LogP) is 3.25. The molecule has 0 atom stereocenters. The summed E-state index contributed by atoms with van der Waals surface area (Å²) in [4.78, 5) is 16.2. The maximum atomic E-state index is 12.0. The maximum Gasteiger partial charge on any atom is 0.203 e. The third-order valence-corrected chi connectivity index (χ3v) is 2.77. The van der Waals surface area contributed by atoms with Crippen molar-refractivity contribution < 1.29 is 9.21 Å². The van der Waals surface area contributed by atoms with Crippen LogP contribution in [0.15, 0.2) is 59.1 Å². The Hall–Kier alpha value is -2.42. The van der Waals surface area contributed by atoms with Crippen molar-refractivity contribution in [1.29, 1.82) is 0 Å². The molecular formula is C15H11NO2. The van der Waals surface area contributed by atoms with E-state index in [1.165, 1.54) is 0 Å². The van der Waals surface area contributed by atoms with Crippen molar-refractivity contribution in [2.75, 3.05) is 0 Å². The molecule has 0 saturated carbocycles. The van der Waals surface area contributed by atoms with Gasteiger partial charge in [0, 0.05) is 17.3 Å². The molecule has 0 N–H and O–H groups in total. The van der Waals surface area contributed by atoms with Gasteiger partial charge in [-0.2, -0.15) is 0 Å². The van der Waals surface area contributed by atoms with Gasteiger partial charge in [0.1, 0.15) is 5.58 Å². The van der Waals surface area contributed by atoms with Gasteiger partial charge in [0.05, 0.1) is 6.42 Å². The SMILES string of the molecule is O=C(Cc1ccccn1)c1cc2ccccc2o1. The number of pyridine rings is 1. The number of ketones is 1. The fourth-order valence-electron chi connectivity index (χ4n) is 1.87. The summed E-state index contributed by atoms with van der Waals surface area (Å²) in [6.45, 7) is 0. The van der Waals surface area contributed by atoms with Crippen molar-refractivity contribution in [3.05, 3.63) is 66.2 Å². The van der Waals surface area contributed by atoms with E-state index in [-0.39, 0.29) is 12.2 Å². The molecule has 0 aliphatic rings. The number of hydrogen-bond donors (Lipinski definition) is 0. The molecule has 3 aromatic rings. The third kappa shape index (κ3) is 2.02. The first-order valence-corrected chi connectivity index (χ1v) is 5.74. The maximum absolute atomic E-state index is 12.0. The molecule has 0 radical (unpaired) electrons. The van der Waals surface area contributed by atoms with Crippen molar-refractivity contribution in [1.82, 2.24) is 4.98 Å². The first kappa shape index (κ1) is 10.7. The first-order valence-electron chi connectivity index (χ1n) is 5.74. The molecule has 0 unspecified atom stereocenters. The Balaban J connectivity index is 1.88. The molecule has 0 spiro atoms. The Morgan fingerprint density at radius 2 is 1.94 bits per heavy atom. The number of fused-ring (bicyclic) bond motifs is 1. The molecule has 0 saturated heterocycles.